The van der Waals surface area contributed by atoms with Crippen LogP contribution in [0.2, 0.25) is 0 Å². The number of rotatable bonds is 6. The fourth-order valence-corrected chi connectivity index (χ4v) is 2.98. The number of nitrogens with two attached hydrogens (primary N) is 1. The zero-order valence-corrected chi connectivity index (χ0v) is 15.6. The molecule has 0 saturated heterocycles. The highest BCUT2D eigenvalue weighted by atomic mass is 16.4. The number of aliphatic carboxylic acids is 1. The average molecular weight is 334 g/mol. The molecule has 0 spiro atoms. The second kappa shape index (κ2) is 11.2. The number of hydrogen-bond donors (Lipinski definition) is 2. The Bertz CT molecular complexity index is 461. The lowest BCUT2D eigenvalue weighted by atomic mass is 9.95. The summed E-state index contributed by atoms with van der Waals surface area (Å²) in [6, 6.07) is 8.90. The standard InChI is InChI=1S/C15H22O2.C6H13N/c1-11(2)4-5-13-6-8-14(9-7-13)12(3)10-15(16)17;7-6-4-2-1-3-5-6/h6-9,11-12H,4-5,10H2,1-3H3,(H,16,17);6H,1-5,7H2. The van der Waals surface area contributed by atoms with Crippen molar-refractivity contribution in [1.82, 2.24) is 0 Å². The molecular formula is C21H35NO2. The maximum atomic E-state index is 10.6. The zero-order chi connectivity index (χ0) is 17.9. The summed E-state index contributed by atoms with van der Waals surface area (Å²) in [4.78, 5) is 10.6. The molecule has 2 rings (SSSR count). The number of aryl methyl sites for hydroxylation is 1. The molecule has 3 N–H and O–H groups in total. The Labute approximate surface area is 147 Å². The molecule has 1 fully saturated rings. The third kappa shape index (κ3) is 9.07. The van der Waals surface area contributed by atoms with Crippen LogP contribution in [0.3, 0.4) is 0 Å². The van der Waals surface area contributed by atoms with Crippen molar-refractivity contribution < 1.29 is 9.90 Å². The maximum Gasteiger partial charge on any atom is 0.303 e. The molecule has 0 amide bonds. The van der Waals surface area contributed by atoms with E-state index >= 15 is 0 Å². The highest BCUT2D eigenvalue weighted by molar-refractivity contribution is 5.67. The molecule has 1 aliphatic rings. The number of carboxylic acid groups (broad SMARTS) is 1. The van der Waals surface area contributed by atoms with Crippen LogP contribution in [0.4, 0.5) is 0 Å². The molecule has 0 bridgehead atoms. The number of hydrogen-bond acceptors (Lipinski definition) is 2. The third-order valence-electron chi connectivity index (χ3n) is 4.69. The van der Waals surface area contributed by atoms with Crippen LogP contribution in [0.5, 0.6) is 0 Å². The smallest absolute Gasteiger partial charge is 0.303 e. The minimum atomic E-state index is -0.735. The molecule has 0 aliphatic heterocycles. The number of carboxylic acids is 1. The topological polar surface area (TPSA) is 63.3 Å². The van der Waals surface area contributed by atoms with E-state index in [1.54, 1.807) is 0 Å². The summed E-state index contributed by atoms with van der Waals surface area (Å²) in [5.41, 5.74) is 8.08. The fourth-order valence-electron chi connectivity index (χ4n) is 2.98. The Morgan fingerprint density at radius 2 is 1.71 bits per heavy atom. The number of carbonyl (C=O) groups is 1. The molecule has 3 nitrogen and oxygen atoms in total. The molecule has 1 unspecified atom stereocenters. The molecule has 1 aromatic carbocycles. The van der Waals surface area contributed by atoms with Gasteiger partial charge >= 0.3 is 5.97 Å². The van der Waals surface area contributed by atoms with Crippen molar-refractivity contribution in [2.24, 2.45) is 11.7 Å². The van der Waals surface area contributed by atoms with Gasteiger partial charge in [0.1, 0.15) is 0 Å². The molecule has 0 radical (unpaired) electrons. The van der Waals surface area contributed by atoms with Gasteiger partial charge in [-0.2, -0.15) is 0 Å². The van der Waals surface area contributed by atoms with Crippen molar-refractivity contribution in [2.75, 3.05) is 0 Å². The van der Waals surface area contributed by atoms with E-state index in [-0.39, 0.29) is 12.3 Å². The SMILES string of the molecule is CC(C)CCc1ccc(C(C)CC(=O)O)cc1.NC1CCCCC1. The van der Waals surface area contributed by atoms with Gasteiger partial charge in [0.2, 0.25) is 0 Å². The summed E-state index contributed by atoms with van der Waals surface area (Å²) in [6.45, 7) is 6.41. The van der Waals surface area contributed by atoms with Crippen LogP contribution in [-0.4, -0.2) is 17.1 Å². The van der Waals surface area contributed by atoms with Crippen LogP contribution in [0.25, 0.3) is 0 Å². The summed E-state index contributed by atoms with van der Waals surface area (Å²) >= 11 is 0. The van der Waals surface area contributed by atoms with Gasteiger partial charge in [0.05, 0.1) is 6.42 Å². The monoisotopic (exact) mass is 333 g/mol. The first-order chi connectivity index (χ1) is 11.4. The van der Waals surface area contributed by atoms with E-state index < -0.39 is 5.97 Å². The Balaban J connectivity index is 0.000000341. The number of benzene rings is 1. The van der Waals surface area contributed by atoms with Gasteiger partial charge in [0, 0.05) is 6.04 Å². The molecular weight excluding hydrogens is 298 g/mol. The highest BCUT2D eigenvalue weighted by Gasteiger charge is 2.09. The van der Waals surface area contributed by atoms with Crippen LogP contribution in [0.15, 0.2) is 24.3 Å². The van der Waals surface area contributed by atoms with Crippen molar-refractivity contribution in [3.63, 3.8) is 0 Å². The normalized spacial score (nSPS) is 16.4. The van der Waals surface area contributed by atoms with Gasteiger partial charge in [-0.25, -0.2) is 0 Å². The highest BCUT2D eigenvalue weighted by Crippen LogP contribution is 2.20. The van der Waals surface area contributed by atoms with E-state index in [1.165, 1.54) is 44.1 Å². The molecule has 0 heterocycles. The molecule has 136 valence electrons. The molecule has 1 atom stereocenters. The van der Waals surface area contributed by atoms with E-state index in [0.717, 1.165) is 17.9 Å². The first-order valence-electron chi connectivity index (χ1n) is 9.44. The largest absolute Gasteiger partial charge is 0.481 e. The third-order valence-corrected chi connectivity index (χ3v) is 4.69. The van der Waals surface area contributed by atoms with Gasteiger partial charge in [-0.1, -0.05) is 64.3 Å². The Hall–Kier alpha value is -1.35. The lowest BCUT2D eigenvalue weighted by Crippen LogP contribution is -2.22. The van der Waals surface area contributed by atoms with E-state index in [4.69, 9.17) is 10.8 Å². The fraction of sp³-hybridized carbons (Fsp3) is 0.667. The average Bonchev–Trinajstić information content (AvgIpc) is 2.54. The maximum absolute atomic E-state index is 10.6. The van der Waals surface area contributed by atoms with Crippen LogP contribution in [0.1, 0.15) is 82.8 Å². The quantitative estimate of drug-likeness (QED) is 0.758. The Morgan fingerprint density at radius 3 is 2.12 bits per heavy atom. The summed E-state index contributed by atoms with van der Waals surface area (Å²) in [7, 11) is 0. The minimum Gasteiger partial charge on any atom is -0.481 e. The van der Waals surface area contributed by atoms with Gasteiger partial charge in [0.15, 0.2) is 0 Å². The van der Waals surface area contributed by atoms with Crippen LogP contribution in [-0.2, 0) is 11.2 Å². The molecule has 1 aromatic rings. The first-order valence-corrected chi connectivity index (χ1v) is 9.44. The summed E-state index contributed by atoms with van der Waals surface area (Å²) < 4.78 is 0. The van der Waals surface area contributed by atoms with E-state index in [1.807, 2.05) is 6.92 Å². The second-order valence-corrected chi connectivity index (χ2v) is 7.57. The van der Waals surface area contributed by atoms with Crippen molar-refractivity contribution in [1.29, 1.82) is 0 Å². The van der Waals surface area contributed by atoms with E-state index in [0.29, 0.717) is 6.04 Å². The van der Waals surface area contributed by atoms with Crippen molar-refractivity contribution in [3.05, 3.63) is 35.4 Å². The van der Waals surface area contributed by atoms with Crippen LogP contribution >= 0.6 is 0 Å². The predicted octanol–water partition coefficient (Wildman–Crippen LogP) is 5.13. The summed E-state index contributed by atoms with van der Waals surface area (Å²) in [5, 5.41) is 8.75. The van der Waals surface area contributed by atoms with E-state index in [9.17, 15) is 4.79 Å². The van der Waals surface area contributed by atoms with Crippen LogP contribution < -0.4 is 5.73 Å². The lowest BCUT2D eigenvalue weighted by Gasteiger charge is -2.15. The van der Waals surface area contributed by atoms with Crippen molar-refractivity contribution >= 4 is 5.97 Å². The molecule has 1 saturated carbocycles. The van der Waals surface area contributed by atoms with Gasteiger partial charge in [-0.3, -0.25) is 4.79 Å². The van der Waals surface area contributed by atoms with Crippen LogP contribution in [0, 0.1) is 5.92 Å². The van der Waals surface area contributed by atoms with E-state index in [2.05, 4.69) is 38.1 Å². The predicted molar refractivity (Wildman–Crippen MR) is 101 cm³/mol. The van der Waals surface area contributed by atoms with Gasteiger partial charge < -0.3 is 10.8 Å². The molecule has 0 aromatic heterocycles. The molecule has 24 heavy (non-hydrogen) atoms. The van der Waals surface area contributed by atoms with Gasteiger partial charge in [-0.05, 0) is 48.6 Å². The first kappa shape index (κ1) is 20.7. The molecule has 1 aliphatic carbocycles. The lowest BCUT2D eigenvalue weighted by molar-refractivity contribution is -0.137. The zero-order valence-electron chi connectivity index (χ0n) is 15.6. The van der Waals surface area contributed by atoms with Gasteiger partial charge in [0.25, 0.3) is 0 Å². The second-order valence-electron chi connectivity index (χ2n) is 7.57. The molecule has 3 heteroatoms. The van der Waals surface area contributed by atoms with Crippen molar-refractivity contribution in [2.45, 2.75) is 84.1 Å². The Morgan fingerprint density at radius 1 is 1.12 bits per heavy atom. The van der Waals surface area contributed by atoms with Crippen molar-refractivity contribution in [3.8, 4) is 0 Å². The summed E-state index contributed by atoms with van der Waals surface area (Å²) in [6.07, 6.45) is 9.16. The minimum absolute atomic E-state index is 0.0895. The Kier molecular flexibility index (Phi) is 9.70. The van der Waals surface area contributed by atoms with Gasteiger partial charge in [-0.15, -0.1) is 0 Å². The summed E-state index contributed by atoms with van der Waals surface area (Å²) in [5.74, 6) is 0.0774.